The number of phenolic OH excluding ortho intramolecular Hbond substituents is 1. The molecule has 0 fully saturated rings. The summed E-state index contributed by atoms with van der Waals surface area (Å²) in [6, 6.07) is 5.27. The average Bonchev–Trinajstić information content (AvgIpc) is 2.74. The summed E-state index contributed by atoms with van der Waals surface area (Å²) in [6.45, 7) is 9.75. The number of aromatic hydroxyl groups is 1. The van der Waals surface area contributed by atoms with Crippen molar-refractivity contribution in [2.24, 2.45) is 0 Å². The van der Waals surface area contributed by atoms with E-state index in [1.54, 1.807) is 12.1 Å². The van der Waals surface area contributed by atoms with Gasteiger partial charge in [-0.25, -0.2) is 9.13 Å². The number of phosphoric acid groups is 2. The Morgan fingerprint density at radius 1 is 0.950 bits per heavy atom. The largest absolute Gasteiger partial charge is 2.00 e. The van der Waals surface area contributed by atoms with Crippen molar-refractivity contribution in [2.75, 3.05) is 7.11 Å². The first-order valence-corrected chi connectivity index (χ1v) is 16.0. The maximum Gasteiger partial charge on any atom is 2.00 e. The van der Waals surface area contributed by atoms with E-state index in [1.807, 2.05) is 12.1 Å². The van der Waals surface area contributed by atoms with Crippen LogP contribution in [0.2, 0.25) is 0 Å². The Bertz CT molecular complexity index is 903. The van der Waals surface area contributed by atoms with Gasteiger partial charge in [0.15, 0.2) is 11.5 Å². The van der Waals surface area contributed by atoms with Crippen molar-refractivity contribution in [2.45, 2.75) is 77.6 Å². The predicted molar refractivity (Wildman–Crippen MR) is 147 cm³/mol. The second-order valence-corrected chi connectivity index (χ2v) is 11.1. The Morgan fingerprint density at radius 2 is 1.35 bits per heavy atom. The van der Waals surface area contributed by atoms with Crippen LogP contribution in [0.4, 0.5) is 0 Å². The van der Waals surface area contributed by atoms with Gasteiger partial charge in [0.05, 0.1) is 7.11 Å². The Morgan fingerprint density at radius 3 is 1.65 bits per heavy atom. The van der Waals surface area contributed by atoms with Crippen LogP contribution in [0.3, 0.4) is 0 Å². The summed E-state index contributed by atoms with van der Waals surface area (Å²) >= 11 is 0. The van der Waals surface area contributed by atoms with Gasteiger partial charge in [-0.15, -0.1) is 6.58 Å². The molecular weight excluding hydrogens is 629 g/mol. The number of ether oxygens (including phenoxy) is 1. The van der Waals surface area contributed by atoms with Crippen LogP contribution in [0.1, 0.15) is 76.7 Å². The summed E-state index contributed by atoms with van der Waals surface area (Å²) in [5.41, 5.74) is 1.08. The minimum absolute atomic E-state index is 0. The smallest absolute Gasteiger partial charge is 0.759 e. The van der Waals surface area contributed by atoms with E-state index in [0.717, 1.165) is 18.4 Å². The number of hydrogen-bond donors (Lipinski definition) is 5. The van der Waals surface area contributed by atoms with E-state index in [4.69, 9.17) is 41.8 Å². The molecule has 226 valence electrons. The summed E-state index contributed by atoms with van der Waals surface area (Å²) in [5.74, 6) is 0.680. The van der Waals surface area contributed by atoms with E-state index in [0.29, 0.717) is 5.75 Å². The molecule has 0 aromatic heterocycles. The van der Waals surface area contributed by atoms with Gasteiger partial charge in [0, 0.05) is 10.4 Å². The fraction of sp³-hybridized carbons (Fsp3) is 0.591. The minimum atomic E-state index is -5.17. The first-order chi connectivity index (χ1) is 17.4. The molecule has 0 saturated carbocycles. The topological polar surface area (TPSA) is 234 Å². The Balaban J connectivity index is -0.000000139. The maximum atomic E-state index is 9.63. The molecule has 1 aromatic rings. The van der Waals surface area contributed by atoms with Crippen molar-refractivity contribution in [3.63, 3.8) is 0 Å². The molecule has 0 unspecified atom stereocenters. The molecule has 5 N–H and O–H groups in total. The van der Waals surface area contributed by atoms with Gasteiger partial charge in [-0.05, 0) is 24.1 Å². The van der Waals surface area contributed by atoms with E-state index < -0.39 is 26.0 Å². The molecule has 0 heterocycles. The fourth-order valence-corrected chi connectivity index (χ4v) is 3.75. The molecule has 0 atom stereocenters. The molecule has 1 aromatic carbocycles. The summed E-state index contributed by atoms with van der Waals surface area (Å²) in [6.07, 6.45) is 16.5. The molecule has 13 nitrogen and oxygen atoms in total. The zero-order valence-electron chi connectivity index (χ0n) is 23.5. The van der Waals surface area contributed by atoms with Crippen LogP contribution in [0.5, 0.6) is 11.5 Å². The summed E-state index contributed by atoms with van der Waals surface area (Å²) in [7, 11) is -13.7. The van der Waals surface area contributed by atoms with Gasteiger partial charge in [-0.3, -0.25) is 8.42 Å². The van der Waals surface area contributed by atoms with Crippen molar-refractivity contribution >= 4 is 63.8 Å². The van der Waals surface area contributed by atoms with Crippen LogP contribution in [-0.2, 0) is 30.3 Å². The molecule has 0 aliphatic rings. The van der Waals surface area contributed by atoms with Gasteiger partial charge in [-0.1, -0.05) is 76.9 Å². The third-order valence-electron chi connectivity index (χ3n) is 4.19. The van der Waals surface area contributed by atoms with Gasteiger partial charge < -0.3 is 45.4 Å². The molecule has 0 spiro atoms. The van der Waals surface area contributed by atoms with Crippen molar-refractivity contribution in [1.29, 1.82) is 0 Å². The van der Waals surface area contributed by atoms with E-state index >= 15 is 0 Å². The van der Waals surface area contributed by atoms with Crippen LogP contribution < -0.4 is 34.3 Å². The normalized spacial score (nSPS) is 10.5. The number of methoxy groups -OCH3 is 1. The molecule has 0 aliphatic heterocycles. The SMILES string of the molecule is C=CCc1ccc(O)c(OC)c1.O=P(O)(O)OP(=O)(O)O.O=S(=O)([O-])[O-].[CH2-]CCCCCCCCCCC.[Ca+2].[Na+]. The molecule has 18 heteroatoms. The Hall–Kier alpha value is 0.950. The van der Waals surface area contributed by atoms with E-state index in [-0.39, 0.29) is 73.0 Å². The van der Waals surface area contributed by atoms with Crippen molar-refractivity contribution in [3.05, 3.63) is 43.3 Å². The van der Waals surface area contributed by atoms with Crippen LogP contribution in [0, 0.1) is 6.92 Å². The third-order valence-corrected chi connectivity index (χ3v) is 5.89. The van der Waals surface area contributed by atoms with E-state index in [9.17, 15) is 14.2 Å². The number of hydrogen-bond acceptors (Lipinski definition) is 9. The van der Waals surface area contributed by atoms with Crippen LogP contribution in [0.15, 0.2) is 30.9 Å². The van der Waals surface area contributed by atoms with Crippen molar-refractivity contribution < 1.29 is 89.9 Å². The number of phenols is 1. The summed E-state index contributed by atoms with van der Waals surface area (Å²) in [5, 5.41) is 9.25. The fourth-order valence-electron chi connectivity index (χ4n) is 2.64. The summed E-state index contributed by atoms with van der Waals surface area (Å²) < 4.78 is 61.2. The molecule has 0 amide bonds. The maximum absolute atomic E-state index is 9.63. The minimum Gasteiger partial charge on any atom is -0.759 e. The third kappa shape index (κ3) is 48.7. The second kappa shape index (κ2) is 30.0. The molecule has 1 rings (SSSR count). The van der Waals surface area contributed by atoms with Crippen molar-refractivity contribution in [1.82, 2.24) is 0 Å². The average molecular weight is 671 g/mol. The zero-order chi connectivity index (χ0) is 30.3. The quantitative estimate of drug-likeness (QED) is 0.0358. The van der Waals surface area contributed by atoms with Crippen LogP contribution in [-0.4, -0.2) is 87.1 Å². The first kappa shape index (κ1) is 50.6. The number of rotatable bonds is 14. The molecule has 0 radical (unpaired) electrons. The van der Waals surface area contributed by atoms with Crippen molar-refractivity contribution in [3.8, 4) is 11.5 Å². The van der Waals surface area contributed by atoms with Gasteiger partial charge in [0.1, 0.15) is 0 Å². The standard InChI is InChI=1S/C12H25.C10H12O2.Ca.Na.H4O7P2.H2O4S/c1-3-5-7-9-11-12-10-8-6-4-2;1-3-4-8-5-6-9(11)10(7-8)12-2;;;1-8(2,3)7-9(4,5)6;1-5(2,3)4/h1,3-12H2,2H3;3,5-7,11H,1,4H2,2H3;;;(H2,1,2,3)(H2,4,5,6);(H2,1,2,3,4)/q-1;;+2;+1;;/p-2. The van der Waals surface area contributed by atoms with E-state index in [2.05, 4.69) is 24.7 Å². The van der Waals surface area contributed by atoms with E-state index in [1.165, 1.54) is 64.9 Å². The monoisotopic (exact) mass is 670 g/mol. The number of unbranched alkanes of at least 4 members (excludes halogenated alkanes) is 9. The molecule has 0 aliphatic carbocycles. The van der Waals surface area contributed by atoms with Crippen LogP contribution in [0.25, 0.3) is 0 Å². The predicted octanol–water partition coefficient (Wildman–Crippen LogP) is 1.34. The van der Waals surface area contributed by atoms with Gasteiger partial charge >= 0.3 is 82.9 Å². The molecule has 40 heavy (non-hydrogen) atoms. The van der Waals surface area contributed by atoms with Gasteiger partial charge in [0.2, 0.25) is 0 Å². The Labute approximate surface area is 290 Å². The number of benzene rings is 1. The van der Waals surface area contributed by atoms with Crippen LogP contribution >= 0.6 is 15.6 Å². The van der Waals surface area contributed by atoms with Gasteiger partial charge in [-0.2, -0.15) is 10.7 Å². The second-order valence-electron chi connectivity index (χ2n) is 7.65. The number of allylic oxidation sites excluding steroid dienone is 1. The summed E-state index contributed by atoms with van der Waals surface area (Å²) in [4.78, 5) is 31.0. The molecule has 0 bridgehead atoms. The molecule has 0 saturated heterocycles. The molecular formula is C22H41CaNaO13P2S. The van der Waals surface area contributed by atoms with Gasteiger partial charge in [0.25, 0.3) is 0 Å². The first-order valence-electron chi connectivity index (χ1n) is 11.6. The zero-order valence-corrected chi connectivity index (χ0v) is 30.3. The Kier molecular flexibility index (Phi) is 37.9.